The van der Waals surface area contributed by atoms with Gasteiger partial charge < -0.3 is 60.1 Å². The van der Waals surface area contributed by atoms with Crippen LogP contribution in [0.3, 0.4) is 0 Å². The molecule has 8 aromatic rings. The Labute approximate surface area is 454 Å². The number of nitrogens with one attached hydrogen (secondary N) is 4. The summed E-state index contributed by atoms with van der Waals surface area (Å²) < 4.78 is 5.00. The third kappa shape index (κ3) is 8.98. The summed E-state index contributed by atoms with van der Waals surface area (Å²) in [7, 11) is -6.81. The predicted molar refractivity (Wildman–Crippen MR) is 295 cm³/mol. The Morgan fingerprint density at radius 1 is 0.250 bits per heavy atom. The molecule has 0 fully saturated rings. The summed E-state index contributed by atoms with van der Waals surface area (Å²) in [5, 5.41) is 83.2. The third-order valence-electron chi connectivity index (χ3n) is 11.5. The first kappa shape index (κ1) is 50.2. The van der Waals surface area contributed by atoms with Crippen molar-refractivity contribution in [3.63, 3.8) is 0 Å². The summed E-state index contributed by atoms with van der Waals surface area (Å²) in [5.41, 5.74) is 8.88. The van der Waals surface area contributed by atoms with E-state index >= 15 is 0 Å². The Hall–Kier alpha value is -2.74. The van der Waals surface area contributed by atoms with Gasteiger partial charge in [0.2, 0.25) is 0 Å². The SMILES string of the molecule is OB(O)c1ccc(C2=c3[nH]c(c(Br)c3Br)=C(c3ccc(B(O)O)cc3)c3[nH]c(c(Br)c3Br)C(c3ccc(B(O)O)cc3)=c3[nH]c(c(Br)c3Br)=C(c3ccc(B(O)O)cc3)c3[nH]c2c(Br)c3Br)cc1. The number of aromatic amines is 4. The van der Waals surface area contributed by atoms with Crippen LogP contribution < -0.4 is 43.2 Å². The van der Waals surface area contributed by atoms with Gasteiger partial charge in [-0.1, -0.05) is 97.1 Å². The molecular formula is C44H28B4Br8N4O8. The summed E-state index contributed by atoms with van der Waals surface area (Å²) in [6.07, 6.45) is 0. The largest absolute Gasteiger partial charge is 0.488 e. The van der Waals surface area contributed by atoms with Gasteiger partial charge in [-0.15, -0.1) is 0 Å². The minimum absolute atomic E-state index is 0.288. The van der Waals surface area contributed by atoms with E-state index in [1.54, 1.807) is 97.1 Å². The van der Waals surface area contributed by atoms with E-state index in [4.69, 9.17) is 0 Å². The van der Waals surface area contributed by atoms with Gasteiger partial charge in [0.25, 0.3) is 0 Å². The number of benzene rings is 4. The Kier molecular flexibility index (Phi) is 14.8. The molecule has 0 saturated heterocycles. The van der Waals surface area contributed by atoms with E-state index in [1.807, 2.05) is 0 Å². The number of hydrogen-bond donors (Lipinski definition) is 12. The maximum Gasteiger partial charge on any atom is 0.488 e. The average Bonchev–Trinajstić information content (AvgIpc) is 3.98. The highest BCUT2D eigenvalue weighted by Crippen LogP contribution is 2.42. The van der Waals surface area contributed by atoms with Crippen molar-refractivity contribution in [1.29, 1.82) is 0 Å². The minimum Gasteiger partial charge on any atom is -0.423 e. The highest BCUT2D eigenvalue weighted by molar-refractivity contribution is 9.14. The van der Waals surface area contributed by atoms with E-state index in [-0.39, 0.29) is 21.9 Å². The highest BCUT2D eigenvalue weighted by Gasteiger charge is 2.30. The first-order chi connectivity index (χ1) is 32.4. The van der Waals surface area contributed by atoms with Crippen molar-refractivity contribution in [1.82, 2.24) is 19.9 Å². The van der Waals surface area contributed by atoms with Gasteiger partial charge in [0, 0.05) is 22.3 Å². The zero-order chi connectivity index (χ0) is 48.6. The second-order valence-corrected chi connectivity index (χ2v) is 21.8. The molecule has 24 heteroatoms. The molecule has 0 spiro atoms. The molecule has 12 N–H and O–H groups in total. The maximum absolute atomic E-state index is 10.1. The topological polar surface area (TPSA) is 225 Å². The predicted octanol–water partition coefficient (Wildman–Crippen LogP) is 3.12. The van der Waals surface area contributed by atoms with Gasteiger partial charge >= 0.3 is 28.5 Å². The molecule has 68 heavy (non-hydrogen) atoms. The standard InChI is InChI=1S/C44H28B4Br8N4O8/c49-29-31(51)39-26(18-3-11-22(12-4-18)46(63)64)41-33(53)35(55)43(59-41)28(20-7-15-24(16-8-20)48(67)68)44-36(56)34(54)42(60-44)27(19-5-13-23(14-6-19)47(65)66)40-32(52)30(50)38(58-40)25(37(29)57-39)17-1-9-21(10-2-17)45(61)62/h1-16,57-68H. The van der Waals surface area contributed by atoms with Crippen LogP contribution >= 0.6 is 127 Å². The number of fused-ring (bicyclic) bond motifs is 8. The molecule has 1 aliphatic rings. The zero-order valence-electron chi connectivity index (χ0n) is 34.1. The molecule has 5 heterocycles. The van der Waals surface area contributed by atoms with Crippen LogP contribution in [0.15, 0.2) is 133 Å². The van der Waals surface area contributed by atoms with Gasteiger partial charge in [0.1, 0.15) is 0 Å². The second kappa shape index (κ2) is 20.0. The zero-order valence-corrected chi connectivity index (χ0v) is 46.8. The summed E-state index contributed by atoms with van der Waals surface area (Å²) in [4.78, 5) is 14.9. The lowest BCUT2D eigenvalue weighted by Crippen LogP contribution is -2.29. The summed E-state index contributed by atoms with van der Waals surface area (Å²) in [5.74, 6) is 0. The summed E-state index contributed by atoms with van der Waals surface area (Å²) in [6, 6.07) is 27.4. The van der Waals surface area contributed by atoms with E-state index in [0.717, 1.165) is 0 Å². The maximum atomic E-state index is 10.1. The van der Waals surface area contributed by atoms with Crippen molar-refractivity contribution in [3.8, 4) is 0 Å². The molecule has 4 aromatic heterocycles. The number of hydrogen-bond acceptors (Lipinski definition) is 8. The molecule has 1 aliphatic heterocycles. The lowest BCUT2D eigenvalue weighted by atomic mass is 9.79. The molecular weight excluding hydrogens is 1390 g/mol. The quantitative estimate of drug-likeness (QED) is 0.101. The summed E-state index contributed by atoms with van der Waals surface area (Å²) in [6.45, 7) is 0. The fourth-order valence-corrected chi connectivity index (χ4v) is 12.1. The molecule has 12 nitrogen and oxygen atoms in total. The lowest BCUT2D eigenvalue weighted by molar-refractivity contribution is 0.424. The van der Waals surface area contributed by atoms with Crippen LogP contribution in [0.5, 0.6) is 0 Å². The fraction of sp³-hybridized carbons (Fsp3) is 0. The van der Waals surface area contributed by atoms with Gasteiger partial charge in [0.05, 0.1) is 80.0 Å². The Bertz CT molecular complexity index is 3100. The highest BCUT2D eigenvalue weighted by atomic mass is 79.9. The van der Waals surface area contributed by atoms with Crippen molar-refractivity contribution in [2.24, 2.45) is 0 Å². The third-order valence-corrected chi connectivity index (χ3v) is 20.0. The van der Waals surface area contributed by atoms with Gasteiger partial charge in [-0.3, -0.25) is 0 Å². The lowest BCUT2D eigenvalue weighted by Gasteiger charge is -2.11. The van der Waals surface area contributed by atoms with Crippen molar-refractivity contribution < 1.29 is 40.2 Å². The van der Waals surface area contributed by atoms with E-state index in [1.165, 1.54) is 0 Å². The number of rotatable bonds is 8. The van der Waals surface area contributed by atoms with Crippen LogP contribution in [-0.2, 0) is 0 Å². The Morgan fingerprint density at radius 3 is 0.588 bits per heavy atom. The van der Waals surface area contributed by atoms with E-state index in [9.17, 15) is 40.2 Å². The van der Waals surface area contributed by atoms with Crippen LogP contribution in [0.25, 0.3) is 22.3 Å². The molecule has 0 radical (unpaired) electrons. The van der Waals surface area contributed by atoms with E-state index in [0.29, 0.717) is 125 Å². The Morgan fingerprint density at radius 2 is 0.426 bits per heavy atom. The van der Waals surface area contributed by atoms with Crippen LogP contribution in [0.4, 0.5) is 0 Å². The molecule has 9 rings (SSSR count). The minimum atomic E-state index is -1.70. The van der Waals surface area contributed by atoms with Gasteiger partial charge in [-0.05, 0) is 172 Å². The molecule has 0 saturated carbocycles. The monoisotopic (exact) mass is 1420 g/mol. The van der Waals surface area contributed by atoms with Crippen LogP contribution in [0.1, 0.15) is 45.0 Å². The van der Waals surface area contributed by atoms with Crippen LogP contribution in [-0.4, -0.2) is 88.6 Å². The second-order valence-electron chi connectivity index (χ2n) is 15.5. The van der Waals surface area contributed by atoms with Crippen molar-refractivity contribution in [2.45, 2.75) is 0 Å². The van der Waals surface area contributed by atoms with Crippen molar-refractivity contribution >= 4 is 200 Å². The smallest absolute Gasteiger partial charge is 0.423 e. The normalized spacial score (nSPS) is 12.6. The first-order valence-corrected chi connectivity index (χ1v) is 26.4. The molecule has 8 bridgehead atoms. The van der Waals surface area contributed by atoms with Gasteiger partial charge in [-0.2, -0.15) is 0 Å². The number of aromatic nitrogens is 4. The molecule has 0 amide bonds. The van der Waals surface area contributed by atoms with Gasteiger partial charge in [0.15, 0.2) is 0 Å². The van der Waals surface area contributed by atoms with Crippen LogP contribution in [0.2, 0.25) is 0 Å². The first-order valence-electron chi connectivity index (χ1n) is 20.0. The van der Waals surface area contributed by atoms with Crippen molar-refractivity contribution in [2.75, 3.05) is 0 Å². The molecule has 340 valence electrons. The molecule has 4 aromatic carbocycles. The van der Waals surface area contributed by atoms with E-state index < -0.39 is 28.5 Å². The van der Waals surface area contributed by atoms with Crippen molar-refractivity contribution in [3.05, 3.63) is 199 Å². The van der Waals surface area contributed by atoms with E-state index in [2.05, 4.69) is 147 Å². The molecule has 0 aliphatic carbocycles. The van der Waals surface area contributed by atoms with Gasteiger partial charge in [-0.25, -0.2) is 0 Å². The average molecular weight is 1420 g/mol. The summed E-state index contributed by atoms with van der Waals surface area (Å²) >= 11 is 31.5. The number of halogens is 8. The fourth-order valence-electron chi connectivity index (χ4n) is 8.14. The molecule has 0 unspecified atom stereocenters. The Balaban J connectivity index is 1.54. The number of H-pyrrole nitrogens is 4. The van der Waals surface area contributed by atoms with Crippen LogP contribution in [0, 0.1) is 0 Å². The molecule has 0 atom stereocenters.